The summed E-state index contributed by atoms with van der Waals surface area (Å²) in [4.78, 5) is 84.3. The van der Waals surface area contributed by atoms with Crippen molar-refractivity contribution in [3.8, 4) is 5.75 Å². The number of phenolic OH excluding ortho intramolecular Hbond substituents is 1. The van der Waals surface area contributed by atoms with Crippen molar-refractivity contribution in [2.24, 2.45) is 28.9 Å². The summed E-state index contributed by atoms with van der Waals surface area (Å²) in [5.41, 5.74) is 25.1. The molecule has 1 heterocycles. The van der Waals surface area contributed by atoms with Gasteiger partial charge in [-0.25, -0.2) is 0 Å². The number of likely N-dealkylation sites (tertiary alicyclic amines) is 1. The monoisotopic (exact) mass is 800 g/mol. The van der Waals surface area contributed by atoms with Crippen molar-refractivity contribution < 1.29 is 33.9 Å². The maximum absolute atomic E-state index is 14.6. The van der Waals surface area contributed by atoms with E-state index >= 15 is 0 Å². The third kappa shape index (κ3) is 12.5. The van der Waals surface area contributed by atoms with Crippen LogP contribution in [0.25, 0.3) is 10.8 Å². The van der Waals surface area contributed by atoms with E-state index in [1.807, 2.05) is 56.3 Å². The van der Waals surface area contributed by atoms with E-state index in [9.17, 15) is 33.9 Å². The van der Waals surface area contributed by atoms with E-state index in [0.29, 0.717) is 18.4 Å². The number of nitrogens with zero attached hydrogens (tertiary/aromatic N) is 2. The predicted molar refractivity (Wildman–Crippen MR) is 219 cm³/mol. The number of phenols is 1. The third-order valence-corrected chi connectivity index (χ3v) is 9.95. The highest BCUT2D eigenvalue weighted by Crippen LogP contribution is 2.23. The standard InChI is InChI=1S/C41H56N10O7/c1-24(2)19-34(37(55)49-32(9-5-17-47-41(45)46)40(58)50-18-6-10-33(50)36(54)48-23-35(44)53)51(38(56)30(42)21-25-12-15-29(52)16-13-25)39(57)31(43)22-26-11-14-27-7-3-4-8-28(27)20-26/h3-4,7-8,11-16,20,24,30-34,52H,5-6,9-10,17-19,21-23,42-43H2,1-2H3,(H2,44,53)(H,48,54)(H,49,55)(H4,45,46,47)/t30-,31+,32-,33-,34-/m0/s1. The summed E-state index contributed by atoms with van der Waals surface area (Å²) in [5, 5.41) is 27.1. The van der Waals surface area contributed by atoms with E-state index in [1.165, 1.54) is 17.0 Å². The van der Waals surface area contributed by atoms with E-state index < -0.39 is 72.2 Å². The molecular formula is C41H56N10O7. The summed E-state index contributed by atoms with van der Waals surface area (Å²) in [5.74, 6) is -4.92. The van der Waals surface area contributed by atoms with Gasteiger partial charge in [-0.15, -0.1) is 0 Å². The summed E-state index contributed by atoms with van der Waals surface area (Å²) in [7, 11) is 0. The molecule has 3 aromatic rings. The zero-order valence-electron chi connectivity index (χ0n) is 33.0. The number of nitrogens with two attached hydrogens (primary N) is 4. The van der Waals surface area contributed by atoms with Gasteiger partial charge in [-0.2, -0.15) is 0 Å². The maximum Gasteiger partial charge on any atom is 0.247 e. The minimum atomic E-state index is -1.45. The van der Waals surface area contributed by atoms with Crippen molar-refractivity contribution >= 4 is 52.2 Å². The van der Waals surface area contributed by atoms with Crippen LogP contribution in [0, 0.1) is 11.3 Å². The number of hydrogen-bond acceptors (Lipinski definition) is 10. The molecule has 1 fully saturated rings. The molecule has 0 aromatic heterocycles. The van der Waals surface area contributed by atoms with Crippen molar-refractivity contribution in [2.45, 2.75) is 89.0 Å². The number of aromatic hydroxyl groups is 1. The Kier molecular flexibility index (Phi) is 16.1. The molecule has 0 bridgehead atoms. The van der Waals surface area contributed by atoms with Gasteiger partial charge in [0.05, 0.1) is 18.6 Å². The van der Waals surface area contributed by atoms with Crippen LogP contribution in [0.15, 0.2) is 66.7 Å². The Hall–Kier alpha value is -6.07. The highest BCUT2D eigenvalue weighted by atomic mass is 16.3. The summed E-state index contributed by atoms with van der Waals surface area (Å²) < 4.78 is 0. The minimum absolute atomic E-state index is 0.00734. The fourth-order valence-corrected chi connectivity index (χ4v) is 7.08. The fraction of sp³-hybridized carbons (Fsp3) is 0.439. The number of benzene rings is 3. The van der Waals surface area contributed by atoms with E-state index in [-0.39, 0.29) is 62.8 Å². The quantitative estimate of drug-likeness (QED) is 0.0445. The van der Waals surface area contributed by atoms with Crippen molar-refractivity contribution in [1.82, 2.24) is 25.8 Å². The smallest absolute Gasteiger partial charge is 0.247 e. The number of rotatable bonds is 19. The van der Waals surface area contributed by atoms with Crippen molar-refractivity contribution in [3.05, 3.63) is 77.9 Å². The molecule has 0 spiro atoms. The van der Waals surface area contributed by atoms with Gasteiger partial charge < -0.3 is 48.9 Å². The molecule has 0 aliphatic carbocycles. The number of carbonyl (C=O) groups is 6. The first kappa shape index (κ1) is 44.6. The van der Waals surface area contributed by atoms with Gasteiger partial charge >= 0.3 is 0 Å². The molecular weight excluding hydrogens is 745 g/mol. The van der Waals surface area contributed by atoms with Gasteiger partial charge in [-0.3, -0.25) is 39.1 Å². The number of carbonyl (C=O) groups excluding carboxylic acids is 6. The molecule has 6 amide bonds. The molecule has 17 heteroatoms. The molecule has 3 aromatic carbocycles. The lowest BCUT2D eigenvalue weighted by Gasteiger charge is -2.35. The van der Waals surface area contributed by atoms with Crippen LogP contribution in [0.5, 0.6) is 5.75 Å². The molecule has 58 heavy (non-hydrogen) atoms. The van der Waals surface area contributed by atoms with Crippen LogP contribution in [-0.2, 0) is 41.6 Å². The number of fused-ring (bicyclic) bond motifs is 1. The molecule has 312 valence electrons. The van der Waals surface area contributed by atoms with Crippen LogP contribution in [0.4, 0.5) is 0 Å². The second kappa shape index (κ2) is 20.9. The van der Waals surface area contributed by atoms with Crippen molar-refractivity contribution in [1.29, 1.82) is 5.41 Å². The van der Waals surface area contributed by atoms with E-state index in [2.05, 4.69) is 16.0 Å². The molecule has 5 atom stereocenters. The van der Waals surface area contributed by atoms with Gasteiger partial charge in [0.15, 0.2) is 5.96 Å². The lowest BCUT2D eigenvalue weighted by Crippen LogP contribution is -2.62. The first-order valence-corrected chi connectivity index (χ1v) is 19.4. The zero-order chi connectivity index (χ0) is 42.5. The fourth-order valence-electron chi connectivity index (χ4n) is 7.08. The Morgan fingerprint density at radius 3 is 2.12 bits per heavy atom. The average molecular weight is 801 g/mol. The molecule has 4 rings (SSSR count). The normalized spacial score (nSPS) is 15.9. The molecule has 0 saturated carbocycles. The van der Waals surface area contributed by atoms with Crippen LogP contribution in [0.2, 0.25) is 0 Å². The number of primary amides is 1. The Balaban J connectivity index is 1.68. The zero-order valence-corrected chi connectivity index (χ0v) is 33.0. The second-order valence-electron chi connectivity index (χ2n) is 15.1. The molecule has 0 radical (unpaired) electrons. The molecule has 1 saturated heterocycles. The first-order valence-electron chi connectivity index (χ1n) is 19.4. The topological polar surface area (TPSA) is 293 Å². The highest BCUT2D eigenvalue weighted by Gasteiger charge is 2.42. The Labute approximate surface area is 337 Å². The predicted octanol–water partition coefficient (Wildman–Crippen LogP) is 0.0957. The summed E-state index contributed by atoms with van der Waals surface area (Å²) in [6.07, 6.45) is 1.08. The van der Waals surface area contributed by atoms with Crippen LogP contribution in [0.3, 0.4) is 0 Å². The Morgan fingerprint density at radius 2 is 1.50 bits per heavy atom. The first-order chi connectivity index (χ1) is 27.5. The largest absolute Gasteiger partial charge is 0.508 e. The average Bonchev–Trinajstić information content (AvgIpc) is 3.68. The van der Waals surface area contributed by atoms with Crippen molar-refractivity contribution in [3.63, 3.8) is 0 Å². The van der Waals surface area contributed by atoms with Crippen LogP contribution in [-0.4, -0.2) is 106 Å². The third-order valence-electron chi connectivity index (χ3n) is 9.95. The number of hydrogen-bond donors (Lipinski definition) is 9. The van der Waals surface area contributed by atoms with Crippen LogP contribution in [0.1, 0.15) is 57.1 Å². The molecule has 1 aliphatic heterocycles. The van der Waals surface area contributed by atoms with Gasteiger partial charge in [-0.1, -0.05) is 68.4 Å². The second-order valence-corrected chi connectivity index (χ2v) is 15.1. The lowest BCUT2D eigenvalue weighted by atomic mass is 9.96. The summed E-state index contributed by atoms with van der Waals surface area (Å²) in [6, 6.07) is 13.2. The summed E-state index contributed by atoms with van der Waals surface area (Å²) in [6.45, 7) is 3.59. The van der Waals surface area contributed by atoms with E-state index in [4.69, 9.17) is 28.3 Å². The number of guanidine groups is 1. The maximum atomic E-state index is 14.6. The molecule has 0 unspecified atom stereocenters. The number of nitrogens with one attached hydrogen (secondary N) is 4. The van der Waals surface area contributed by atoms with Gasteiger partial charge in [0, 0.05) is 13.1 Å². The van der Waals surface area contributed by atoms with Gasteiger partial charge in [0.2, 0.25) is 35.4 Å². The van der Waals surface area contributed by atoms with Gasteiger partial charge in [0.1, 0.15) is 23.9 Å². The Bertz CT molecular complexity index is 1960. The van der Waals surface area contributed by atoms with E-state index in [0.717, 1.165) is 21.2 Å². The molecule has 17 nitrogen and oxygen atoms in total. The van der Waals surface area contributed by atoms with Crippen LogP contribution >= 0.6 is 0 Å². The van der Waals surface area contributed by atoms with Gasteiger partial charge in [-0.05, 0) is 84.9 Å². The van der Waals surface area contributed by atoms with E-state index in [1.54, 1.807) is 12.1 Å². The van der Waals surface area contributed by atoms with Crippen molar-refractivity contribution in [2.75, 3.05) is 19.6 Å². The number of imide groups is 1. The molecule has 13 N–H and O–H groups in total. The Morgan fingerprint density at radius 1 is 0.879 bits per heavy atom. The van der Waals surface area contributed by atoms with Gasteiger partial charge in [0.25, 0.3) is 0 Å². The lowest BCUT2D eigenvalue weighted by molar-refractivity contribution is -0.154. The summed E-state index contributed by atoms with van der Waals surface area (Å²) >= 11 is 0. The SMILES string of the molecule is CC(C)C[C@@H](C(=O)N[C@@H](CCCNC(=N)N)C(=O)N1CCC[C@H]1C(=O)NCC(N)=O)N(C(=O)[C@H](N)Cc1ccc2ccccc2c1)C(=O)[C@@H](N)Cc1ccc(O)cc1. The minimum Gasteiger partial charge on any atom is -0.508 e. The molecule has 1 aliphatic rings. The highest BCUT2D eigenvalue weighted by molar-refractivity contribution is 6.05. The van der Waals surface area contributed by atoms with Crippen LogP contribution < -0.4 is 38.9 Å². The number of amides is 6.